The summed E-state index contributed by atoms with van der Waals surface area (Å²) >= 11 is 7.51. The third-order valence-electron chi connectivity index (χ3n) is 5.09. The minimum Gasteiger partial charge on any atom is -0.324 e. The standard InChI is InChI=1S/C22H22ClN5O2S/c1-14-9-10-18(17(23)12-14)25-22(30)28-11-5-6-15(13-28)20-26-27-21(31-20)19(29)24-16-7-3-2-4-8-16/h2-4,7-10,12,15H,5-6,11,13H2,1H3,(H,24,29)(H,25,30)/t15-/m0/s1. The maximum absolute atomic E-state index is 12.8. The molecule has 1 aliphatic rings. The lowest BCUT2D eigenvalue weighted by atomic mass is 9.99. The Kier molecular flexibility index (Phi) is 6.48. The molecular formula is C22H22ClN5O2S. The molecule has 3 amide bonds. The van der Waals surface area contributed by atoms with E-state index in [1.54, 1.807) is 11.0 Å². The molecular weight excluding hydrogens is 434 g/mol. The van der Waals surface area contributed by atoms with Crippen molar-refractivity contribution in [3.63, 3.8) is 0 Å². The molecule has 0 saturated carbocycles. The van der Waals surface area contributed by atoms with Crippen LogP contribution in [0.1, 0.15) is 39.1 Å². The highest BCUT2D eigenvalue weighted by Gasteiger charge is 2.28. The van der Waals surface area contributed by atoms with Crippen LogP contribution in [0.15, 0.2) is 48.5 Å². The van der Waals surface area contributed by atoms with Gasteiger partial charge in [0.15, 0.2) is 0 Å². The van der Waals surface area contributed by atoms with E-state index in [-0.39, 0.29) is 17.9 Å². The highest BCUT2D eigenvalue weighted by atomic mass is 35.5. The SMILES string of the molecule is Cc1ccc(NC(=O)N2CCC[C@H](c3nnc(C(=O)Nc4ccccc4)s3)C2)c(Cl)c1. The number of amides is 3. The van der Waals surface area contributed by atoms with E-state index < -0.39 is 0 Å². The first kappa shape index (κ1) is 21.3. The van der Waals surface area contributed by atoms with E-state index in [1.807, 2.05) is 49.4 Å². The second-order valence-electron chi connectivity index (χ2n) is 7.46. The zero-order valence-corrected chi connectivity index (χ0v) is 18.5. The summed E-state index contributed by atoms with van der Waals surface area (Å²) in [7, 11) is 0. The number of halogens is 1. The Morgan fingerprint density at radius 1 is 1.13 bits per heavy atom. The molecule has 0 radical (unpaired) electrons. The van der Waals surface area contributed by atoms with Gasteiger partial charge in [-0.15, -0.1) is 10.2 Å². The largest absolute Gasteiger partial charge is 0.324 e. The topological polar surface area (TPSA) is 87.2 Å². The number of benzene rings is 2. The van der Waals surface area contributed by atoms with E-state index in [4.69, 9.17) is 11.6 Å². The lowest BCUT2D eigenvalue weighted by Gasteiger charge is -2.31. The fourth-order valence-electron chi connectivity index (χ4n) is 3.48. The number of carbonyl (C=O) groups excluding carboxylic acids is 2. The fourth-order valence-corrected chi connectivity index (χ4v) is 4.62. The summed E-state index contributed by atoms with van der Waals surface area (Å²) in [5, 5.41) is 15.6. The summed E-state index contributed by atoms with van der Waals surface area (Å²) in [6, 6.07) is 14.6. The number of aryl methyl sites for hydroxylation is 1. The summed E-state index contributed by atoms with van der Waals surface area (Å²) in [6.45, 7) is 3.12. The molecule has 0 aliphatic carbocycles. The number of aromatic nitrogens is 2. The van der Waals surface area contributed by atoms with Gasteiger partial charge in [0.25, 0.3) is 5.91 Å². The Morgan fingerprint density at radius 2 is 1.94 bits per heavy atom. The highest BCUT2D eigenvalue weighted by Crippen LogP contribution is 2.30. The van der Waals surface area contributed by atoms with Crippen LogP contribution in [0.25, 0.3) is 0 Å². The van der Waals surface area contributed by atoms with Crippen LogP contribution >= 0.6 is 22.9 Å². The molecule has 1 fully saturated rings. The Bertz CT molecular complexity index is 1090. The molecule has 0 bridgehead atoms. The Balaban J connectivity index is 1.39. The second kappa shape index (κ2) is 9.45. The first-order valence-electron chi connectivity index (χ1n) is 10.0. The van der Waals surface area contributed by atoms with Gasteiger partial charge in [-0.2, -0.15) is 0 Å². The molecule has 4 rings (SSSR count). The van der Waals surface area contributed by atoms with Crippen molar-refractivity contribution in [2.24, 2.45) is 0 Å². The molecule has 1 atom stereocenters. The van der Waals surface area contributed by atoms with Gasteiger partial charge in [0, 0.05) is 24.7 Å². The average molecular weight is 456 g/mol. The normalized spacial score (nSPS) is 16.1. The number of para-hydroxylation sites is 1. The van der Waals surface area contributed by atoms with E-state index in [0.717, 1.165) is 23.4 Å². The Labute approximate surface area is 189 Å². The van der Waals surface area contributed by atoms with Crippen molar-refractivity contribution >= 4 is 46.3 Å². The lowest BCUT2D eigenvalue weighted by Crippen LogP contribution is -2.41. The molecule has 31 heavy (non-hydrogen) atoms. The molecule has 0 spiro atoms. The number of hydrogen-bond donors (Lipinski definition) is 2. The number of likely N-dealkylation sites (tertiary alicyclic amines) is 1. The van der Waals surface area contributed by atoms with Gasteiger partial charge in [-0.05, 0) is 49.6 Å². The average Bonchev–Trinajstić information content (AvgIpc) is 3.27. The van der Waals surface area contributed by atoms with Crippen molar-refractivity contribution in [3.05, 3.63) is 69.1 Å². The first-order valence-corrected chi connectivity index (χ1v) is 11.2. The summed E-state index contributed by atoms with van der Waals surface area (Å²) in [4.78, 5) is 27.0. The Morgan fingerprint density at radius 3 is 2.71 bits per heavy atom. The van der Waals surface area contributed by atoms with Gasteiger partial charge < -0.3 is 15.5 Å². The van der Waals surface area contributed by atoms with E-state index in [1.165, 1.54) is 11.3 Å². The molecule has 1 saturated heterocycles. The van der Waals surface area contributed by atoms with E-state index in [0.29, 0.717) is 34.5 Å². The minimum absolute atomic E-state index is 0.0452. The second-order valence-corrected chi connectivity index (χ2v) is 8.88. The maximum atomic E-state index is 12.8. The van der Waals surface area contributed by atoms with Crippen LogP contribution in [-0.2, 0) is 0 Å². The number of piperidine rings is 1. The summed E-state index contributed by atoms with van der Waals surface area (Å²) in [5.41, 5.74) is 2.33. The third kappa shape index (κ3) is 5.21. The van der Waals surface area contributed by atoms with Crippen molar-refractivity contribution in [1.29, 1.82) is 0 Å². The van der Waals surface area contributed by atoms with Gasteiger partial charge in [0.2, 0.25) is 5.01 Å². The first-order chi connectivity index (χ1) is 15.0. The Hall–Kier alpha value is -2.97. The van der Waals surface area contributed by atoms with Gasteiger partial charge >= 0.3 is 6.03 Å². The van der Waals surface area contributed by atoms with Crippen LogP contribution in [0.2, 0.25) is 5.02 Å². The van der Waals surface area contributed by atoms with Crippen LogP contribution in [0.3, 0.4) is 0 Å². The monoisotopic (exact) mass is 455 g/mol. The molecule has 2 N–H and O–H groups in total. The number of nitrogens with zero attached hydrogens (tertiary/aromatic N) is 3. The van der Waals surface area contributed by atoms with Gasteiger partial charge in [0.1, 0.15) is 5.01 Å². The molecule has 1 aliphatic heterocycles. The predicted octanol–water partition coefficient (Wildman–Crippen LogP) is 5.16. The number of hydrogen-bond acceptors (Lipinski definition) is 5. The van der Waals surface area contributed by atoms with E-state index >= 15 is 0 Å². The molecule has 160 valence electrons. The van der Waals surface area contributed by atoms with Crippen LogP contribution in [0, 0.1) is 6.92 Å². The van der Waals surface area contributed by atoms with Crippen LogP contribution in [0.5, 0.6) is 0 Å². The number of rotatable bonds is 4. The summed E-state index contributed by atoms with van der Waals surface area (Å²) < 4.78 is 0. The number of carbonyl (C=O) groups is 2. The van der Waals surface area contributed by atoms with E-state index in [2.05, 4.69) is 20.8 Å². The number of urea groups is 1. The zero-order valence-electron chi connectivity index (χ0n) is 17.0. The van der Waals surface area contributed by atoms with Gasteiger partial charge in [-0.3, -0.25) is 4.79 Å². The molecule has 3 aromatic rings. The predicted molar refractivity (Wildman–Crippen MR) is 123 cm³/mol. The van der Waals surface area contributed by atoms with Gasteiger partial charge in [-0.1, -0.05) is 47.2 Å². The minimum atomic E-state index is -0.283. The highest BCUT2D eigenvalue weighted by molar-refractivity contribution is 7.13. The molecule has 2 aromatic carbocycles. The molecule has 2 heterocycles. The zero-order chi connectivity index (χ0) is 21.8. The molecule has 0 unspecified atom stereocenters. The van der Waals surface area contributed by atoms with Crippen molar-refractivity contribution in [2.45, 2.75) is 25.7 Å². The van der Waals surface area contributed by atoms with Crippen molar-refractivity contribution in [1.82, 2.24) is 15.1 Å². The van der Waals surface area contributed by atoms with Crippen molar-refractivity contribution in [3.8, 4) is 0 Å². The van der Waals surface area contributed by atoms with Crippen LogP contribution < -0.4 is 10.6 Å². The van der Waals surface area contributed by atoms with E-state index in [9.17, 15) is 9.59 Å². The molecule has 1 aromatic heterocycles. The summed E-state index contributed by atoms with van der Waals surface area (Å²) in [6.07, 6.45) is 1.74. The lowest BCUT2D eigenvalue weighted by molar-refractivity contribution is 0.102. The smallest absolute Gasteiger partial charge is 0.321 e. The fraction of sp³-hybridized carbons (Fsp3) is 0.273. The van der Waals surface area contributed by atoms with Crippen molar-refractivity contribution < 1.29 is 9.59 Å². The van der Waals surface area contributed by atoms with Gasteiger partial charge in [-0.25, -0.2) is 4.79 Å². The summed E-state index contributed by atoms with van der Waals surface area (Å²) in [5.74, 6) is -0.238. The number of anilines is 2. The van der Waals surface area contributed by atoms with Crippen LogP contribution in [-0.4, -0.2) is 40.1 Å². The molecule has 9 heteroatoms. The van der Waals surface area contributed by atoms with Gasteiger partial charge in [0.05, 0.1) is 10.7 Å². The van der Waals surface area contributed by atoms with Crippen molar-refractivity contribution in [2.75, 3.05) is 23.7 Å². The van der Waals surface area contributed by atoms with Crippen LogP contribution in [0.4, 0.5) is 16.2 Å². The maximum Gasteiger partial charge on any atom is 0.321 e. The quantitative estimate of drug-likeness (QED) is 0.568. The molecule has 7 nitrogen and oxygen atoms in total. The third-order valence-corrected chi connectivity index (χ3v) is 6.49. The number of nitrogens with one attached hydrogen (secondary N) is 2.